The molecule has 6 nitrogen and oxygen atoms in total. The summed E-state index contributed by atoms with van der Waals surface area (Å²) in [5, 5.41) is 6.14. The third kappa shape index (κ3) is 4.25. The monoisotopic (exact) mass is 372 g/mol. The Bertz CT molecular complexity index is 935. The minimum Gasteiger partial charge on any atom is -0.495 e. The van der Waals surface area contributed by atoms with E-state index in [-0.39, 0.29) is 11.5 Å². The summed E-state index contributed by atoms with van der Waals surface area (Å²) < 4.78 is 18.2. The van der Waals surface area contributed by atoms with Crippen molar-refractivity contribution in [2.24, 2.45) is 0 Å². The second kappa shape index (κ2) is 7.79. The summed E-state index contributed by atoms with van der Waals surface area (Å²) in [7, 11) is 1.49. The quantitative estimate of drug-likeness (QED) is 0.699. The molecule has 0 fully saturated rings. The summed E-state index contributed by atoms with van der Waals surface area (Å²) in [4.78, 5) is 20.5. The molecule has 1 heterocycles. The van der Waals surface area contributed by atoms with Crippen LogP contribution in [0.4, 0.5) is 21.6 Å². The van der Waals surface area contributed by atoms with Crippen LogP contribution in [0.15, 0.2) is 54.9 Å². The molecule has 2 N–H and O–H groups in total. The average molecular weight is 373 g/mol. The minimum atomic E-state index is -0.449. The molecular formula is C18H14ClFN4O2. The normalized spacial score (nSPS) is 10.3. The van der Waals surface area contributed by atoms with Crippen molar-refractivity contribution >= 4 is 34.7 Å². The number of carbonyl (C=O) groups is 1. The lowest BCUT2D eigenvalue weighted by Gasteiger charge is -2.11. The van der Waals surface area contributed by atoms with E-state index < -0.39 is 5.91 Å². The summed E-state index contributed by atoms with van der Waals surface area (Å²) in [5.74, 6) is 0.0835. The van der Waals surface area contributed by atoms with E-state index >= 15 is 0 Å². The van der Waals surface area contributed by atoms with Crippen LogP contribution in [0.1, 0.15) is 10.5 Å². The molecule has 0 aliphatic heterocycles. The molecule has 0 spiro atoms. The van der Waals surface area contributed by atoms with Gasteiger partial charge >= 0.3 is 0 Å². The van der Waals surface area contributed by atoms with Gasteiger partial charge in [-0.2, -0.15) is 0 Å². The molecule has 0 radical (unpaired) electrons. The molecule has 132 valence electrons. The van der Waals surface area contributed by atoms with Crippen LogP contribution in [-0.4, -0.2) is 23.0 Å². The van der Waals surface area contributed by atoms with E-state index in [9.17, 15) is 9.18 Å². The van der Waals surface area contributed by atoms with E-state index in [0.717, 1.165) is 0 Å². The summed E-state index contributed by atoms with van der Waals surface area (Å²) in [6.07, 6.45) is 1.26. The zero-order valence-corrected chi connectivity index (χ0v) is 14.4. The Hall–Kier alpha value is -3.19. The topological polar surface area (TPSA) is 76.1 Å². The van der Waals surface area contributed by atoms with Crippen molar-refractivity contribution in [3.8, 4) is 5.75 Å². The van der Waals surface area contributed by atoms with Crippen molar-refractivity contribution in [3.05, 3.63) is 71.4 Å². The molecule has 0 unspecified atom stereocenters. The van der Waals surface area contributed by atoms with Crippen LogP contribution in [0.5, 0.6) is 5.75 Å². The Morgan fingerprint density at radius 1 is 1.12 bits per heavy atom. The fraction of sp³-hybridized carbons (Fsp3) is 0.0556. The molecule has 0 aliphatic carbocycles. The van der Waals surface area contributed by atoms with Crippen molar-refractivity contribution in [2.75, 3.05) is 17.7 Å². The SMILES string of the molecule is COc1ccc(Cl)cc1NC(=O)c1cc(Nc2ccc(F)cc2)ncn1. The fourth-order valence-electron chi connectivity index (χ4n) is 2.20. The molecule has 1 amide bonds. The lowest BCUT2D eigenvalue weighted by molar-refractivity contribution is 0.102. The van der Waals surface area contributed by atoms with Gasteiger partial charge in [0.05, 0.1) is 12.8 Å². The van der Waals surface area contributed by atoms with Crippen molar-refractivity contribution in [1.29, 1.82) is 0 Å². The number of amides is 1. The van der Waals surface area contributed by atoms with Crippen molar-refractivity contribution in [2.45, 2.75) is 0 Å². The van der Waals surface area contributed by atoms with E-state index in [0.29, 0.717) is 28.0 Å². The molecule has 3 aromatic rings. The molecular weight excluding hydrogens is 359 g/mol. The second-order valence-corrected chi connectivity index (χ2v) is 5.66. The largest absolute Gasteiger partial charge is 0.495 e. The molecule has 0 atom stereocenters. The molecule has 0 saturated carbocycles. The van der Waals surface area contributed by atoms with Crippen LogP contribution in [-0.2, 0) is 0 Å². The molecule has 0 bridgehead atoms. The average Bonchev–Trinajstić information content (AvgIpc) is 2.64. The Morgan fingerprint density at radius 2 is 1.88 bits per heavy atom. The number of hydrogen-bond donors (Lipinski definition) is 2. The smallest absolute Gasteiger partial charge is 0.274 e. The van der Waals surface area contributed by atoms with Gasteiger partial charge in [-0.3, -0.25) is 4.79 Å². The van der Waals surface area contributed by atoms with Gasteiger partial charge in [0.15, 0.2) is 0 Å². The first-order chi connectivity index (χ1) is 12.5. The summed E-state index contributed by atoms with van der Waals surface area (Å²) in [6.45, 7) is 0. The standard InChI is InChI=1S/C18H14ClFN4O2/c1-26-16-7-2-11(19)8-14(16)24-18(25)15-9-17(22-10-21-15)23-13-5-3-12(20)4-6-13/h2-10H,1H3,(H,24,25)(H,21,22,23). The predicted octanol–water partition coefficient (Wildman–Crippen LogP) is 4.27. The minimum absolute atomic E-state index is 0.145. The van der Waals surface area contributed by atoms with E-state index in [1.807, 2.05) is 0 Å². The number of hydrogen-bond acceptors (Lipinski definition) is 5. The van der Waals surface area contributed by atoms with Gasteiger partial charge in [0.2, 0.25) is 0 Å². The molecule has 8 heteroatoms. The number of benzene rings is 2. The van der Waals surface area contributed by atoms with E-state index in [1.54, 1.807) is 30.3 Å². The lowest BCUT2D eigenvalue weighted by Crippen LogP contribution is -2.15. The number of halogens is 2. The van der Waals surface area contributed by atoms with Crippen LogP contribution in [0.25, 0.3) is 0 Å². The molecule has 0 saturated heterocycles. The van der Waals surface area contributed by atoms with E-state index in [4.69, 9.17) is 16.3 Å². The lowest BCUT2D eigenvalue weighted by atomic mass is 10.2. The number of aromatic nitrogens is 2. The molecule has 0 aliphatic rings. The number of anilines is 3. The van der Waals surface area contributed by atoms with Gasteiger partial charge in [-0.1, -0.05) is 11.6 Å². The van der Waals surface area contributed by atoms with Crippen LogP contribution >= 0.6 is 11.6 Å². The number of nitrogens with zero attached hydrogens (tertiary/aromatic N) is 2. The van der Waals surface area contributed by atoms with Gasteiger partial charge in [0.1, 0.15) is 29.4 Å². The molecule has 1 aromatic heterocycles. The zero-order chi connectivity index (χ0) is 18.5. The predicted molar refractivity (Wildman–Crippen MR) is 97.7 cm³/mol. The summed E-state index contributed by atoms with van der Waals surface area (Å²) in [5.41, 5.74) is 1.20. The number of carbonyl (C=O) groups excluding carboxylic acids is 1. The van der Waals surface area contributed by atoms with Crippen LogP contribution in [0, 0.1) is 5.82 Å². The van der Waals surface area contributed by atoms with Crippen molar-refractivity contribution < 1.29 is 13.9 Å². The third-order valence-electron chi connectivity index (χ3n) is 3.43. The molecule has 2 aromatic carbocycles. The highest BCUT2D eigenvalue weighted by Crippen LogP contribution is 2.28. The van der Waals surface area contributed by atoms with Crippen LogP contribution < -0.4 is 15.4 Å². The maximum absolute atomic E-state index is 13.0. The highest BCUT2D eigenvalue weighted by atomic mass is 35.5. The third-order valence-corrected chi connectivity index (χ3v) is 3.66. The Labute approximate surface area is 154 Å². The van der Waals surface area contributed by atoms with Gasteiger partial charge in [-0.15, -0.1) is 0 Å². The van der Waals surface area contributed by atoms with Gasteiger partial charge in [-0.25, -0.2) is 14.4 Å². The number of ether oxygens (including phenoxy) is 1. The number of rotatable bonds is 5. The highest BCUT2D eigenvalue weighted by molar-refractivity contribution is 6.31. The summed E-state index contributed by atoms with van der Waals surface area (Å²) >= 11 is 5.96. The number of methoxy groups -OCH3 is 1. The molecule has 26 heavy (non-hydrogen) atoms. The van der Waals surface area contributed by atoms with Crippen LogP contribution in [0.2, 0.25) is 5.02 Å². The Kier molecular flexibility index (Phi) is 5.28. The maximum Gasteiger partial charge on any atom is 0.274 e. The molecule has 3 rings (SSSR count). The van der Waals surface area contributed by atoms with Crippen LogP contribution in [0.3, 0.4) is 0 Å². The van der Waals surface area contributed by atoms with E-state index in [1.165, 1.54) is 31.6 Å². The second-order valence-electron chi connectivity index (χ2n) is 5.22. The summed E-state index contributed by atoms with van der Waals surface area (Å²) in [6, 6.07) is 12.1. The van der Waals surface area contributed by atoms with E-state index in [2.05, 4.69) is 20.6 Å². The Balaban J connectivity index is 1.78. The van der Waals surface area contributed by atoms with Crippen molar-refractivity contribution in [1.82, 2.24) is 9.97 Å². The first kappa shape index (κ1) is 17.6. The van der Waals surface area contributed by atoms with Gasteiger partial charge < -0.3 is 15.4 Å². The Morgan fingerprint density at radius 3 is 2.62 bits per heavy atom. The fourth-order valence-corrected chi connectivity index (χ4v) is 2.37. The first-order valence-corrected chi connectivity index (χ1v) is 7.92. The van der Waals surface area contributed by atoms with Gasteiger partial charge in [-0.05, 0) is 42.5 Å². The zero-order valence-electron chi connectivity index (χ0n) is 13.7. The highest BCUT2D eigenvalue weighted by Gasteiger charge is 2.13. The van der Waals surface area contributed by atoms with Gasteiger partial charge in [0.25, 0.3) is 5.91 Å². The maximum atomic E-state index is 13.0. The van der Waals surface area contributed by atoms with Gasteiger partial charge in [0, 0.05) is 16.8 Å². The number of nitrogens with one attached hydrogen (secondary N) is 2. The van der Waals surface area contributed by atoms with Crippen molar-refractivity contribution in [3.63, 3.8) is 0 Å². The first-order valence-electron chi connectivity index (χ1n) is 7.54.